The van der Waals surface area contributed by atoms with Crippen LogP contribution in [-0.2, 0) is 10.0 Å². The normalized spacial score (nSPS) is 13.2. The van der Waals surface area contributed by atoms with E-state index in [1.165, 1.54) is 6.07 Å². The predicted octanol–water partition coefficient (Wildman–Crippen LogP) is 2.17. The molecule has 0 bridgehead atoms. The number of nitrogens with one attached hydrogen (secondary N) is 1. The zero-order valence-electron chi connectivity index (χ0n) is 12.1. The number of benzene rings is 1. The van der Waals surface area contributed by atoms with Crippen LogP contribution in [0.3, 0.4) is 0 Å². The van der Waals surface area contributed by atoms with Crippen LogP contribution >= 0.6 is 11.8 Å². The summed E-state index contributed by atoms with van der Waals surface area (Å²) in [6, 6.07) is 3.38. The van der Waals surface area contributed by atoms with Crippen molar-refractivity contribution in [2.75, 3.05) is 22.6 Å². The molecule has 0 amide bonds. The van der Waals surface area contributed by atoms with Crippen molar-refractivity contribution in [1.29, 1.82) is 0 Å². The third-order valence-electron chi connectivity index (χ3n) is 2.99. The first-order valence-electron chi connectivity index (χ1n) is 6.53. The molecular formula is C13H23N3O2S2. The van der Waals surface area contributed by atoms with Gasteiger partial charge in [-0.2, -0.15) is 11.8 Å². The highest BCUT2D eigenvalue weighted by Gasteiger charge is 2.16. The van der Waals surface area contributed by atoms with Crippen molar-refractivity contribution in [2.45, 2.75) is 38.1 Å². The van der Waals surface area contributed by atoms with Crippen molar-refractivity contribution in [3.63, 3.8) is 0 Å². The summed E-state index contributed by atoms with van der Waals surface area (Å²) in [5.41, 5.74) is 7.48. The Bertz CT molecular complexity index is 559. The maximum absolute atomic E-state index is 11.5. The largest absolute Gasteiger partial charge is 0.399 e. The summed E-state index contributed by atoms with van der Waals surface area (Å²) in [6.45, 7) is 5.92. The maximum Gasteiger partial charge on any atom is 0.238 e. The fourth-order valence-corrected chi connectivity index (χ4v) is 3.54. The fourth-order valence-electron chi connectivity index (χ4n) is 1.90. The van der Waals surface area contributed by atoms with Crippen LogP contribution in [0, 0.1) is 6.92 Å². The Labute approximate surface area is 125 Å². The quantitative estimate of drug-likeness (QED) is 0.529. The van der Waals surface area contributed by atoms with E-state index in [1.807, 2.05) is 11.8 Å². The molecule has 5 N–H and O–H groups in total. The van der Waals surface area contributed by atoms with E-state index in [9.17, 15) is 8.42 Å². The smallest absolute Gasteiger partial charge is 0.238 e. The molecule has 0 heterocycles. The van der Waals surface area contributed by atoms with Crippen LogP contribution in [0.15, 0.2) is 17.0 Å². The van der Waals surface area contributed by atoms with Gasteiger partial charge in [0.25, 0.3) is 0 Å². The van der Waals surface area contributed by atoms with Gasteiger partial charge in [0.1, 0.15) is 0 Å². The monoisotopic (exact) mass is 317 g/mol. The van der Waals surface area contributed by atoms with E-state index in [-0.39, 0.29) is 10.9 Å². The number of nitrogen functional groups attached to an aromatic ring is 1. The first kappa shape index (κ1) is 17.1. The molecule has 20 heavy (non-hydrogen) atoms. The second kappa shape index (κ2) is 7.19. The molecule has 1 rings (SSSR count). The lowest BCUT2D eigenvalue weighted by Crippen LogP contribution is -2.19. The van der Waals surface area contributed by atoms with Gasteiger partial charge in [-0.1, -0.05) is 6.92 Å². The zero-order valence-corrected chi connectivity index (χ0v) is 13.8. The van der Waals surface area contributed by atoms with Crippen LogP contribution < -0.4 is 16.2 Å². The van der Waals surface area contributed by atoms with Crippen LogP contribution in [0.2, 0.25) is 0 Å². The van der Waals surface area contributed by atoms with Crippen LogP contribution in [-0.4, -0.2) is 26.0 Å². The highest BCUT2D eigenvalue weighted by atomic mass is 32.2. The second-order valence-corrected chi connectivity index (χ2v) is 7.69. The van der Waals surface area contributed by atoms with E-state index in [4.69, 9.17) is 10.9 Å². The molecule has 1 aromatic rings. The molecule has 0 spiro atoms. The van der Waals surface area contributed by atoms with Crippen molar-refractivity contribution in [1.82, 2.24) is 0 Å². The number of nitrogens with two attached hydrogens (primary N) is 2. The molecule has 114 valence electrons. The topological polar surface area (TPSA) is 98.2 Å². The van der Waals surface area contributed by atoms with Gasteiger partial charge in [-0.25, -0.2) is 13.6 Å². The van der Waals surface area contributed by atoms with Crippen molar-refractivity contribution < 1.29 is 8.42 Å². The Hall–Kier alpha value is -0.920. The predicted molar refractivity (Wildman–Crippen MR) is 87.7 cm³/mol. The molecule has 5 nitrogen and oxygen atoms in total. The number of primary sulfonamides is 1. The van der Waals surface area contributed by atoms with Gasteiger partial charge in [-0.15, -0.1) is 0 Å². The molecule has 0 aromatic heterocycles. The molecule has 0 aliphatic heterocycles. The lowest BCUT2D eigenvalue weighted by Gasteiger charge is -2.19. The molecule has 1 atom stereocenters. The summed E-state index contributed by atoms with van der Waals surface area (Å²) in [5, 5.41) is 8.52. The first-order valence-corrected chi connectivity index (χ1v) is 9.23. The highest BCUT2D eigenvalue weighted by molar-refractivity contribution is 7.99. The number of hydrogen-bond donors (Lipinski definition) is 3. The SMILES string of the molecule is CCSCCC(C)Nc1cc(N)cc(S(N)(=O)=O)c1C. The Morgan fingerprint density at radius 2 is 2.05 bits per heavy atom. The van der Waals surface area contributed by atoms with Gasteiger partial charge >= 0.3 is 0 Å². The summed E-state index contributed by atoms with van der Waals surface area (Å²) in [4.78, 5) is 0.0788. The van der Waals surface area contributed by atoms with Gasteiger partial charge in [0.15, 0.2) is 0 Å². The van der Waals surface area contributed by atoms with Crippen LogP contribution in [0.25, 0.3) is 0 Å². The van der Waals surface area contributed by atoms with Gasteiger partial charge in [-0.05, 0) is 49.5 Å². The summed E-state index contributed by atoms with van der Waals surface area (Å²) >= 11 is 1.88. The third-order valence-corrected chi connectivity index (χ3v) is 4.96. The number of sulfonamides is 1. The second-order valence-electron chi connectivity index (χ2n) is 4.77. The number of thioether (sulfide) groups is 1. The van der Waals surface area contributed by atoms with E-state index in [2.05, 4.69) is 19.2 Å². The highest BCUT2D eigenvalue weighted by Crippen LogP contribution is 2.27. The first-order chi connectivity index (χ1) is 9.25. The van der Waals surface area contributed by atoms with Crippen LogP contribution in [0.5, 0.6) is 0 Å². The minimum Gasteiger partial charge on any atom is -0.399 e. The van der Waals surface area contributed by atoms with E-state index in [0.717, 1.165) is 23.6 Å². The Balaban J connectivity index is 2.93. The van der Waals surface area contributed by atoms with Gasteiger partial charge in [0.05, 0.1) is 4.90 Å². The van der Waals surface area contributed by atoms with Crippen LogP contribution in [0.1, 0.15) is 25.8 Å². The molecule has 1 aromatic carbocycles. The van der Waals surface area contributed by atoms with E-state index < -0.39 is 10.0 Å². The molecule has 1 unspecified atom stereocenters. The Morgan fingerprint density at radius 3 is 2.60 bits per heavy atom. The zero-order chi connectivity index (χ0) is 15.3. The van der Waals surface area contributed by atoms with Crippen molar-refractivity contribution in [3.05, 3.63) is 17.7 Å². The molecule has 0 fully saturated rings. The van der Waals surface area contributed by atoms with Gasteiger partial charge in [0, 0.05) is 17.4 Å². The van der Waals surface area contributed by atoms with Crippen molar-refractivity contribution in [3.8, 4) is 0 Å². The van der Waals surface area contributed by atoms with Crippen LogP contribution in [0.4, 0.5) is 11.4 Å². The van der Waals surface area contributed by atoms with Crippen molar-refractivity contribution in [2.24, 2.45) is 5.14 Å². The lowest BCUT2D eigenvalue weighted by atomic mass is 10.1. The van der Waals surface area contributed by atoms with Gasteiger partial charge in [-0.3, -0.25) is 0 Å². The maximum atomic E-state index is 11.5. The van der Waals surface area contributed by atoms with E-state index in [1.54, 1.807) is 13.0 Å². The molecule has 0 saturated carbocycles. The van der Waals surface area contributed by atoms with Gasteiger partial charge < -0.3 is 11.1 Å². The summed E-state index contributed by atoms with van der Waals surface area (Å²) < 4.78 is 23.1. The van der Waals surface area contributed by atoms with Gasteiger partial charge in [0.2, 0.25) is 10.0 Å². The number of hydrogen-bond acceptors (Lipinski definition) is 5. The number of rotatable bonds is 7. The molecule has 0 radical (unpaired) electrons. The molecular weight excluding hydrogens is 294 g/mol. The molecule has 7 heteroatoms. The molecule has 0 aliphatic rings. The summed E-state index contributed by atoms with van der Waals surface area (Å²) in [5.74, 6) is 2.16. The van der Waals surface area contributed by atoms with E-state index >= 15 is 0 Å². The summed E-state index contributed by atoms with van der Waals surface area (Å²) in [6.07, 6.45) is 0.997. The minimum atomic E-state index is -3.76. The Kier molecular flexibility index (Phi) is 6.16. The summed E-state index contributed by atoms with van der Waals surface area (Å²) in [7, 11) is -3.76. The number of anilines is 2. The average Bonchev–Trinajstić information content (AvgIpc) is 2.32. The fraction of sp³-hybridized carbons (Fsp3) is 0.538. The molecule has 0 aliphatic carbocycles. The molecule has 0 saturated heterocycles. The lowest BCUT2D eigenvalue weighted by molar-refractivity contribution is 0.597. The Morgan fingerprint density at radius 1 is 1.40 bits per heavy atom. The van der Waals surface area contributed by atoms with Crippen molar-refractivity contribution >= 4 is 33.2 Å². The minimum absolute atomic E-state index is 0.0788. The average molecular weight is 317 g/mol. The third kappa shape index (κ3) is 4.88. The van der Waals surface area contributed by atoms with E-state index in [0.29, 0.717) is 11.3 Å². The standard InChI is InChI=1S/C13H23N3O2S2/c1-4-19-6-5-9(2)16-12-7-11(14)8-13(10(12)3)20(15,17)18/h7-9,16H,4-6,14H2,1-3H3,(H2,15,17,18).